The van der Waals surface area contributed by atoms with E-state index in [1.165, 1.54) is 16.7 Å². The second kappa shape index (κ2) is 6.70. The van der Waals surface area contributed by atoms with Gasteiger partial charge in [0.25, 0.3) is 11.5 Å². The van der Waals surface area contributed by atoms with Crippen LogP contribution in [0.1, 0.15) is 47.3 Å². The molecule has 0 radical (unpaired) electrons. The number of pyridine rings is 1. The molecule has 2 heterocycles. The molecular weight excluding hydrogens is 363 g/mol. The maximum Gasteiger partial charge on any atom is 0.329 e. The van der Waals surface area contributed by atoms with Crippen LogP contribution in [0.4, 0.5) is 10.1 Å². The minimum Gasteiger partial charge on any atom is -0.319 e. The molecule has 0 bridgehead atoms. The van der Waals surface area contributed by atoms with Gasteiger partial charge >= 0.3 is 5.69 Å². The van der Waals surface area contributed by atoms with Gasteiger partial charge in [-0.05, 0) is 50.5 Å². The minimum atomic E-state index is -0.686. The smallest absolute Gasteiger partial charge is 0.319 e. The number of aromatic nitrogens is 3. The summed E-state index contributed by atoms with van der Waals surface area (Å²) in [5, 5.41) is 2.55. The number of carbonyl (C=O) groups is 1. The van der Waals surface area contributed by atoms with E-state index in [-0.39, 0.29) is 28.2 Å². The van der Waals surface area contributed by atoms with E-state index in [4.69, 9.17) is 0 Å². The number of anilines is 1. The third-order valence-corrected chi connectivity index (χ3v) is 4.90. The summed E-state index contributed by atoms with van der Waals surface area (Å²) in [6, 6.07) is 6.04. The van der Waals surface area contributed by atoms with E-state index < -0.39 is 23.0 Å². The summed E-state index contributed by atoms with van der Waals surface area (Å²) in [6.45, 7) is 3.80. The van der Waals surface area contributed by atoms with E-state index in [1.807, 2.05) is 0 Å². The molecule has 28 heavy (non-hydrogen) atoms. The van der Waals surface area contributed by atoms with Crippen LogP contribution in [0.15, 0.2) is 33.9 Å². The quantitative estimate of drug-likeness (QED) is 0.725. The van der Waals surface area contributed by atoms with Crippen LogP contribution in [0, 0.1) is 12.7 Å². The van der Waals surface area contributed by atoms with Crippen molar-refractivity contribution in [2.24, 2.45) is 0 Å². The van der Waals surface area contributed by atoms with Crippen molar-refractivity contribution >= 4 is 22.6 Å². The average molecular weight is 382 g/mol. The van der Waals surface area contributed by atoms with E-state index >= 15 is 0 Å². The Balaban J connectivity index is 1.91. The predicted octanol–water partition coefficient (Wildman–Crippen LogP) is 2.68. The second-order valence-electron chi connectivity index (χ2n) is 7.01. The molecule has 1 fully saturated rings. The Kier molecular flexibility index (Phi) is 4.33. The molecule has 1 aliphatic rings. The van der Waals surface area contributed by atoms with Crippen LogP contribution in [0.5, 0.6) is 0 Å². The fourth-order valence-corrected chi connectivity index (χ4v) is 3.27. The van der Waals surface area contributed by atoms with Crippen LogP contribution in [0.2, 0.25) is 0 Å². The number of aromatic amines is 1. The Labute approximate surface area is 159 Å². The second-order valence-corrected chi connectivity index (χ2v) is 7.01. The number of hydrogen-bond donors (Lipinski definition) is 2. The number of carbonyl (C=O) groups excluding carboxylic acids is 1. The number of hydrogen-bond acceptors (Lipinski definition) is 4. The molecular formula is C20H19FN4O3. The number of benzene rings is 1. The highest BCUT2D eigenvalue weighted by Crippen LogP contribution is 2.40. The number of H-pyrrole nitrogens is 1. The van der Waals surface area contributed by atoms with E-state index in [9.17, 15) is 18.8 Å². The van der Waals surface area contributed by atoms with Gasteiger partial charge in [0.05, 0.1) is 16.6 Å². The van der Waals surface area contributed by atoms with Crippen LogP contribution in [0.25, 0.3) is 11.0 Å². The van der Waals surface area contributed by atoms with Crippen molar-refractivity contribution in [3.8, 4) is 0 Å². The van der Waals surface area contributed by atoms with E-state index in [2.05, 4.69) is 15.3 Å². The van der Waals surface area contributed by atoms with Crippen molar-refractivity contribution in [1.82, 2.24) is 14.5 Å². The SMILES string of the molecule is CCn1c(=O)[nH]c(=O)c2c(C(=O)Nc3ccc(C)cc3F)cc(C3CC3)nc21. The van der Waals surface area contributed by atoms with Crippen molar-refractivity contribution < 1.29 is 9.18 Å². The molecule has 1 aliphatic carbocycles. The van der Waals surface area contributed by atoms with Gasteiger partial charge in [0, 0.05) is 18.2 Å². The van der Waals surface area contributed by atoms with Crippen molar-refractivity contribution in [1.29, 1.82) is 0 Å². The first-order valence-corrected chi connectivity index (χ1v) is 9.14. The molecule has 144 valence electrons. The maximum absolute atomic E-state index is 14.2. The minimum absolute atomic E-state index is 0.0220. The zero-order valence-electron chi connectivity index (χ0n) is 15.5. The molecule has 4 rings (SSSR count). The zero-order chi connectivity index (χ0) is 20.0. The van der Waals surface area contributed by atoms with Gasteiger partial charge in [-0.3, -0.25) is 19.1 Å². The van der Waals surface area contributed by atoms with Gasteiger partial charge in [-0.1, -0.05) is 6.07 Å². The average Bonchev–Trinajstić information content (AvgIpc) is 3.48. The largest absolute Gasteiger partial charge is 0.329 e. The van der Waals surface area contributed by atoms with Crippen molar-refractivity contribution in [2.75, 3.05) is 5.32 Å². The number of halogens is 1. The molecule has 1 amide bonds. The molecule has 0 spiro atoms. The summed E-state index contributed by atoms with van der Waals surface area (Å²) in [6.07, 6.45) is 1.87. The van der Waals surface area contributed by atoms with Gasteiger partial charge in [-0.2, -0.15) is 0 Å². The van der Waals surface area contributed by atoms with E-state index in [1.54, 1.807) is 26.0 Å². The summed E-state index contributed by atoms with van der Waals surface area (Å²) in [4.78, 5) is 44.3. The molecule has 1 saturated carbocycles. The Morgan fingerprint density at radius 1 is 1.32 bits per heavy atom. The number of fused-ring (bicyclic) bond motifs is 1. The van der Waals surface area contributed by atoms with Gasteiger partial charge in [0.15, 0.2) is 5.65 Å². The van der Waals surface area contributed by atoms with Crippen LogP contribution >= 0.6 is 0 Å². The molecule has 0 unspecified atom stereocenters. The third-order valence-electron chi connectivity index (χ3n) is 4.90. The third kappa shape index (κ3) is 3.11. The topological polar surface area (TPSA) is 96.9 Å². The molecule has 0 atom stereocenters. The summed E-state index contributed by atoms with van der Waals surface area (Å²) in [7, 11) is 0. The Hall–Kier alpha value is -3.29. The van der Waals surface area contributed by atoms with Gasteiger partial charge in [-0.15, -0.1) is 0 Å². The van der Waals surface area contributed by atoms with Crippen molar-refractivity contribution in [3.05, 3.63) is 67.7 Å². The van der Waals surface area contributed by atoms with Crippen LogP contribution in [0.3, 0.4) is 0 Å². The summed E-state index contributed by atoms with van der Waals surface area (Å²) >= 11 is 0. The van der Waals surface area contributed by atoms with Gasteiger partial charge in [0.1, 0.15) is 5.82 Å². The molecule has 0 aliphatic heterocycles. The van der Waals surface area contributed by atoms with Crippen LogP contribution < -0.4 is 16.6 Å². The maximum atomic E-state index is 14.2. The molecule has 0 saturated heterocycles. The van der Waals surface area contributed by atoms with E-state index in [0.717, 1.165) is 18.4 Å². The normalized spacial score (nSPS) is 13.7. The lowest BCUT2D eigenvalue weighted by atomic mass is 10.1. The molecule has 2 N–H and O–H groups in total. The summed E-state index contributed by atoms with van der Waals surface area (Å²) in [5.41, 5.74) is 0.406. The first-order chi connectivity index (χ1) is 13.4. The fraction of sp³-hybridized carbons (Fsp3) is 0.300. The monoisotopic (exact) mass is 382 g/mol. The lowest BCUT2D eigenvalue weighted by Gasteiger charge is -2.13. The Morgan fingerprint density at radius 3 is 2.71 bits per heavy atom. The van der Waals surface area contributed by atoms with Crippen molar-refractivity contribution in [2.45, 2.75) is 39.2 Å². The lowest BCUT2D eigenvalue weighted by Crippen LogP contribution is -2.32. The molecule has 3 aromatic rings. The number of nitrogens with zero attached hydrogens (tertiary/aromatic N) is 2. The first-order valence-electron chi connectivity index (χ1n) is 9.14. The standard InChI is InChI=1S/C20H19FN4O3/c1-3-25-17-16(19(27)24-20(25)28)12(9-15(22-17)11-5-6-11)18(26)23-14-7-4-10(2)8-13(14)21/h4,7-9,11H,3,5-6H2,1-2H3,(H,23,26)(H,24,27,28). The highest BCUT2D eigenvalue weighted by Gasteiger charge is 2.28. The highest BCUT2D eigenvalue weighted by atomic mass is 19.1. The Bertz CT molecular complexity index is 1220. The number of amides is 1. The molecule has 1 aromatic carbocycles. The number of aryl methyl sites for hydroxylation is 2. The summed E-state index contributed by atoms with van der Waals surface area (Å²) in [5.74, 6) is -0.982. The Morgan fingerprint density at radius 2 is 2.07 bits per heavy atom. The lowest BCUT2D eigenvalue weighted by molar-refractivity contribution is 0.102. The van der Waals surface area contributed by atoms with E-state index in [0.29, 0.717) is 12.2 Å². The fourth-order valence-electron chi connectivity index (χ4n) is 3.27. The molecule has 8 heteroatoms. The van der Waals surface area contributed by atoms with Crippen LogP contribution in [-0.4, -0.2) is 20.4 Å². The number of nitrogens with one attached hydrogen (secondary N) is 2. The van der Waals surface area contributed by atoms with Crippen LogP contribution in [-0.2, 0) is 6.54 Å². The summed E-state index contributed by atoms with van der Waals surface area (Å²) < 4.78 is 15.5. The van der Waals surface area contributed by atoms with Gasteiger partial charge in [-0.25, -0.2) is 14.2 Å². The zero-order valence-corrected chi connectivity index (χ0v) is 15.5. The number of rotatable bonds is 4. The predicted molar refractivity (Wildman–Crippen MR) is 103 cm³/mol. The molecule has 7 nitrogen and oxygen atoms in total. The van der Waals surface area contributed by atoms with Gasteiger partial charge in [0.2, 0.25) is 0 Å². The van der Waals surface area contributed by atoms with Gasteiger partial charge < -0.3 is 5.32 Å². The molecule has 2 aromatic heterocycles. The first kappa shape index (κ1) is 18.1. The van der Waals surface area contributed by atoms with Crippen molar-refractivity contribution in [3.63, 3.8) is 0 Å². The highest BCUT2D eigenvalue weighted by molar-refractivity contribution is 6.11.